The third-order valence-corrected chi connectivity index (χ3v) is 3.04. The highest BCUT2D eigenvalue weighted by molar-refractivity contribution is 6.59. The quantitative estimate of drug-likeness (QED) is 0.743. The number of hydrogen-bond donors (Lipinski definition) is 2. The summed E-state index contributed by atoms with van der Waals surface area (Å²) < 4.78 is 5.42. The first-order valence-electron chi connectivity index (χ1n) is 5.62. The molecule has 1 aromatic rings. The van der Waals surface area contributed by atoms with Crippen LogP contribution in [0.4, 0.5) is 0 Å². The van der Waals surface area contributed by atoms with E-state index >= 15 is 0 Å². The second-order valence-corrected chi connectivity index (χ2v) is 5.12. The predicted octanol–water partition coefficient (Wildman–Crippen LogP) is 0.207. The molecule has 2 N–H and O–H groups in total. The van der Waals surface area contributed by atoms with Crippen LogP contribution in [-0.4, -0.2) is 33.4 Å². The van der Waals surface area contributed by atoms with Gasteiger partial charge in [0.15, 0.2) is 0 Å². The highest BCUT2D eigenvalue weighted by Crippen LogP contribution is 2.25. The average Bonchev–Trinajstić information content (AvgIpc) is 2.27. The molecule has 5 nitrogen and oxygen atoms in total. The van der Waals surface area contributed by atoms with Gasteiger partial charge in [-0.2, -0.15) is 5.26 Å². The SMILES string of the molecule is CC(C)(O)C(C)(C)OB(O)c1cc(C#N)ccn1. The van der Waals surface area contributed by atoms with Gasteiger partial charge in [0.25, 0.3) is 0 Å². The highest BCUT2D eigenvalue weighted by Gasteiger charge is 2.39. The van der Waals surface area contributed by atoms with Crippen LogP contribution in [0.5, 0.6) is 0 Å². The molecule has 0 aliphatic carbocycles. The average molecular weight is 248 g/mol. The molecular formula is C12H17BN2O3. The molecule has 0 radical (unpaired) electrons. The minimum Gasteiger partial charge on any atom is -0.422 e. The van der Waals surface area contributed by atoms with E-state index in [1.165, 1.54) is 18.3 Å². The van der Waals surface area contributed by atoms with E-state index in [0.29, 0.717) is 5.56 Å². The molecule has 0 atom stereocenters. The molecule has 1 rings (SSSR count). The van der Waals surface area contributed by atoms with Gasteiger partial charge in [0.2, 0.25) is 0 Å². The van der Waals surface area contributed by atoms with Gasteiger partial charge < -0.3 is 14.8 Å². The summed E-state index contributed by atoms with van der Waals surface area (Å²) in [6.07, 6.45) is 1.43. The van der Waals surface area contributed by atoms with Gasteiger partial charge in [0, 0.05) is 6.20 Å². The molecule has 0 aromatic carbocycles. The molecule has 18 heavy (non-hydrogen) atoms. The molecule has 1 heterocycles. The Morgan fingerprint density at radius 3 is 2.50 bits per heavy atom. The van der Waals surface area contributed by atoms with Crippen LogP contribution in [0.3, 0.4) is 0 Å². The van der Waals surface area contributed by atoms with Gasteiger partial charge in [-0.15, -0.1) is 0 Å². The first-order valence-corrected chi connectivity index (χ1v) is 5.62. The van der Waals surface area contributed by atoms with Crippen molar-refractivity contribution < 1.29 is 14.8 Å². The second kappa shape index (κ2) is 5.06. The molecule has 0 aliphatic rings. The molecule has 0 saturated heterocycles. The first kappa shape index (κ1) is 14.6. The molecule has 0 amide bonds. The summed E-state index contributed by atoms with van der Waals surface area (Å²) in [4.78, 5) is 3.95. The van der Waals surface area contributed by atoms with E-state index in [9.17, 15) is 10.1 Å². The van der Waals surface area contributed by atoms with Gasteiger partial charge in [-0.05, 0) is 39.8 Å². The summed E-state index contributed by atoms with van der Waals surface area (Å²) in [5, 5.41) is 28.6. The van der Waals surface area contributed by atoms with Crippen molar-refractivity contribution in [1.29, 1.82) is 5.26 Å². The zero-order valence-corrected chi connectivity index (χ0v) is 11.0. The van der Waals surface area contributed by atoms with Crippen molar-refractivity contribution in [3.05, 3.63) is 23.9 Å². The summed E-state index contributed by atoms with van der Waals surface area (Å²) >= 11 is 0. The molecule has 0 spiro atoms. The number of pyridine rings is 1. The Morgan fingerprint density at radius 2 is 2.00 bits per heavy atom. The van der Waals surface area contributed by atoms with Crippen LogP contribution in [0, 0.1) is 11.3 Å². The van der Waals surface area contributed by atoms with Gasteiger partial charge in [-0.1, -0.05) is 0 Å². The van der Waals surface area contributed by atoms with Gasteiger partial charge >= 0.3 is 7.12 Å². The molecular weight excluding hydrogens is 231 g/mol. The number of hydrogen-bond acceptors (Lipinski definition) is 5. The van der Waals surface area contributed by atoms with E-state index in [1.807, 2.05) is 6.07 Å². The zero-order chi connectivity index (χ0) is 14.0. The molecule has 0 bridgehead atoms. The minimum absolute atomic E-state index is 0.242. The standard InChI is InChI=1S/C12H17BN2O3/c1-11(2,16)12(3,4)18-13(17)10-7-9(8-14)5-6-15-10/h5-7,16-17H,1-4H3. The third-order valence-electron chi connectivity index (χ3n) is 3.04. The van der Waals surface area contributed by atoms with Crippen molar-refractivity contribution in [2.75, 3.05) is 0 Å². The Balaban J connectivity index is 2.89. The molecule has 1 aromatic heterocycles. The van der Waals surface area contributed by atoms with Crippen LogP contribution >= 0.6 is 0 Å². The molecule has 6 heteroatoms. The predicted molar refractivity (Wildman–Crippen MR) is 68.0 cm³/mol. The fourth-order valence-electron chi connectivity index (χ4n) is 1.14. The Kier molecular flexibility index (Phi) is 4.12. The molecule has 96 valence electrons. The normalized spacial score (nSPS) is 12.1. The van der Waals surface area contributed by atoms with E-state index in [0.717, 1.165) is 0 Å². The van der Waals surface area contributed by atoms with E-state index in [1.54, 1.807) is 27.7 Å². The van der Waals surface area contributed by atoms with E-state index in [2.05, 4.69) is 4.98 Å². The van der Waals surface area contributed by atoms with Crippen LogP contribution in [0.1, 0.15) is 33.3 Å². The molecule has 0 saturated carbocycles. The fourth-order valence-corrected chi connectivity index (χ4v) is 1.14. The molecule has 0 unspecified atom stereocenters. The summed E-state index contributed by atoms with van der Waals surface area (Å²) in [5.74, 6) is 0. The number of nitrogens with zero attached hydrogens (tertiary/aromatic N) is 2. The van der Waals surface area contributed by atoms with Gasteiger partial charge in [0.05, 0.1) is 28.4 Å². The number of nitriles is 1. The number of aliphatic hydroxyl groups is 1. The van der Waals surface area contributed by atoms with Crippen LogP contribution < -0.4 is 5.59 Å². The van der Waals surface area contributed by atoms with Gasteiger partial charge in [0.1, 0.15) is 0 Å². The monoisotopic (exact) mass is 248 g/mol. The lowest BCUT2D eigenvalue weighted by Crippen LogP contribution is -2.53. The minimum atomic E-state index is -1.29. The van der Waals surface area contributed by atoms with Crippen molar-refractivity contribution in [3.63, 3.8) is 0 Å². The van der Waals surface area contributed by atoms with Crippen molar-refractivity contribution in [2.45, 2.75) is 38.9 Å². The number of aromatic nitrogens is 1. The maximum Gasteiger partial charge on any atom is 0.511 e. The van der Waals surface area contributed by atoms with Crippen molar-refractivity contribution in [2.24, 2.45) is 0 Å². The summed E-state index contributed by atoms with van der Waals surface area (Å²) in [5.41, 5.74) is -1.45. The highest BCUT2D eigenvalue weighted by atomic mass is 16.5. The van der Waals surface area contributed by atoms with E-state index in [4.69, 9.17) is 9.92 Å². The smallest absolute Gasteiger partial charge is 0.422 e. The lowest BCUT2D eigenvalue weighted by atomic mass is 9.79. The Bertz CT molecular complexity index is 463. The summed E-state index contributed by atoms with van der Waals surface area (Å²) in [6, 6.07) is 4.95. The molecule has 0 aliphatic heterocycles. The van der Waals surface area contributed by atoms with E-state index < -0.39 is 18.3 Å². The van der Waals surface area contributed by atoms with Crippen molar-refractivity contribution in [3.8, 4) is 6.07 Å². The van der Waals surface area contributed by atoms with Crippen LogP contribution in [0.2, 0.25) is 0 Å². The van der Waals surface area contributed by atoms with Crippen molar-refractivity contribution in [1.82, 2.24) is 4.98 Å². The maximum atomic E-state index is 9.93. The maximum absolute atomic E-state index is 9.93. The van der Waals surface area contributed by atoms with Crippen molar-refractivity contribution >= 4 is 12.7 Å². The first-order chi connectivity index (χ1) is 8.17. The van der Waals surface area contributed by atoms with Gasteiger partial charge in [-0.3, -0.25) is 4.98 Å². The number of rotatable bonds is 4. The molecule has 0 fully saturated rings. The summed E-state index contributed by atoms with van der Waals surface area (Å²) in [6.45, 7) is 6.53. The lowest BCUT2D eigenvalue weighted by Gasteiger charge is -2.38. The lowest BCUT2D eigenvalue weighted by molar-refractivity contribution is -0.0983. The fraction of sp³-hybridized carbons (Fsp3) is 0.500. The Labute approximate surface area is 107 Å². The summed E-state index contributed by atoms with van der Waals surface area (Å²) in [7, 11) is -1.29. The van der Waals surface area contributed by atoms with Crippen LogP contribution in [-0.2, 0) is 4.65 Å². The third kappa shape index (κ3) is 3.29. The van der Waals surface area contributed by atoms with Gasteiger partial charge in [-0.25, -0.2) is 0 Å². The van der Waals surface area contributed by atoms with Crippen LogP contribution in [0.15, 0.2) is 18.3 Å². The Hall–Kier alpha value is -1.42. The van der Waals surface area contributed by atoms with E-state index in [-0.39, 0.29) is 5.59 Å². The largest absolute Gasteiger partial charge is 0.511 e. The topological polar surface area (TPSA) is 86.4 Å². The second-order valence-electron chi connectivity index (χ2n) is 5.12. The zero-order valence-electron chi connectivity index (χ0n) is 11.0. The Morgan fingerprint density at radius 1 is 1.39 bits per heavy atom. The van der Waals surface area contributed by atoms with Crippen LogP contribution in [0.25, 0.3) is 0 Å².